The molecule has 98 valence electrons. The van der Waals surface area contributed by atoms with E-state index in [0.717, 1.165) is 0 Å². The Labute approximate surface area is 101 Å². The Morgan fingerprint density at radius 3 is 2.71 bits per heavy atom. The highest BCUT2D eigenvalue weighted by atomic mass is 16.5. The lowest BCUT2D eigenvalue weighted by Gasteiger charge is -2.39. The Bertz CT molecular complexity index is 304. The van der Waals surface area contributed by atoms with E-state index >= 15 is 0 Å². The summed E-state index contributed by atoms with van der Waals surface area (Å²) in [6, 6.07) is -0.389. The van der Waals surface area contributed by atoms with Crippen LogP contribution in [0.4, 0.5) is 0 Å². The maximum Gasteiger partial charge on any atom is 0.305 e. The van der Waals surface area contributed by atoms with Gasteiger partial charge in [-0.1, -0.05) is 0 Å². The van der Waals surface area contributed by atoms with Gasteiger partial charge in [0.05, 0.1) is 31.1 Å². The summed E-state index contributed by atoms with van der Waals surface area (Å²) in [5, 5.41) is 8.81. The fourth-order valence-electron chi connectivity index (χ4n) is 1.77. The lowest BCUT2D eigenvalue weighted by atomic mass is 9.90. The molecule has 1 heterocycles. The molecule has 1 atom stereocenters. The summed E-state index contributed by atoms with van der Waals surface area (Å²) in [5.74, 6) is -1.03. The van der Waals surface area contributed by atoms with E-state index in [1.54, 1.807) is 18.7 Å². The maximum absolute atomic E-state index is 12.2. The van der Waals surface area contributed by atoms with Crippen LogP contribution in [0.25, 0.3) is 0 Å². The standard InChI is InChI=1S/C11H20N2O4/c1-11(2,7-12)10(16)13-3-4-17-6-8(13)5-9(14)15/h8H,3-7,12H2,1-2H3,(H,14,15). The van der Waals surface area contributed by atoms with Gasteiger partial charge in [-0.3, -0.25) is 9.59 Å². The van der Waals surface area contributed by atoms with Gasteiger partial charge in [-0.05, 0) is 13.8 Å². The van der Waals surface area contributed by atoms with Gasteiger partial charge < -0.3 is 20.5 Å². The van der Waals surface area contributed by atoms with Crippen LogP contribution in [0.3, 0.4) is 0 Å². The van der Waals surface area contributed by atoms with Gasteiger partial charge in [-0.25, -0.2) is 0 Å². The van der Waals surface area contributed by atoms with E-state index in [2.05, 4.69) is 0 Å². The number of morpholine rings is 1. The van der Waals surface area contributed by atoms with E-state index in [4.69, 9.17) is 15.6 Å². The molecule has 3 N–H and O–H groups in total. The predicted molar refractivity (Wildman–Crippen MR) is 61.4 cm³/mol. The minimum atomic E-state index is -0.927. The number of aliphatic carboxylic acids is 1. The number of hydrogen-bond donors (Lipinski definition) is 2. The van der Waals surface area contributed by atoms with Crippen LogP contribution >= 0.6 is 0 Å². The Balaban J connectivity index is 2.77. The SMILES string of the molecule is CC(C)(CN)C(=O)N1CCOCC1CC(=O)O. The van der Waals surface area contributed by atoms with Crippen LogP contribution < -0.4 is 5.73 Å². The molecule has 1 fully saturated rings. The van der Waals surface area contributed by atoms with E-state index in [-0.39, 0.29) is 31.5 Å². The highest BCUT2D eigenvalue weighted by molar-refractivity contribution is 5.83. The molecule has 0 aromatic heterocycles. The first-order valence-corrected chi connectivity index (χ1v) is 5.69. The molecule has 1 saturated heterocycles. The fraction of sp³-hybridized carbons (Fsp3) is 0.818. The summed E-state index contributed by atoms with van der Waals surface area (Å²) >= 11 is 0. The summed E-state index contributed by atoms with van der Waals surface area (Å²) in [6.07, 6.45) is -0.0909. The van der Waals surface area contributed by atoms with Gasteiger partial charge in [0, 0.05) is 13.1 Å². The number of nitrogens with two attached hydrogens (primary N) is 1. The van der Waals surface area contributed by atoms with Crippen molar-refractivity contribution in [2.75, 3.05) is 26.3 Å². The second-order valence-electron chi connectivity index (χ2n) is 4.91. The molecule has 1 rings (SSSR count). The number of carbonyl (C=O) groups excluding carboxylic acids is 1. The Kier molecular flexibility index (Phi) is 4.47. The molecule has 0 bridgehead atoms. The molecule has 1 aliphatic rings. The number of ether oxygens (including phenoxy) is 1. The topological polar surface area (TPSA) is 92.9 Å². The minimum Gasteiger partial charge on any atom is -0.481 e. The van der Waals surface area contributed by atoms with E-state index in [9.17, 15) is 9.59 Å². The highest BCUT2D eigenvalue weighted by Gasteiger charge is 2.36. The van der Waals surface area contributed by atoms with Crippen molar-refractivity contribution in [3.63, 3.8) is 0 Å². The summed E-state index contributed by atoms with van der Waals surface area (Å²) in [7, 11) is 0. The molecule has 17 heavy (non-hydrogen) atoms. The lowest BCUT2D eigenvalue weighted by molar-refractivity contribution is -0.152. The van der Waals surface area contributed by atoms with E-state index in [0.29, 0.717) is 13.2 Å². The third-order valence-electron chi connectivity index (χ3n) is 2.99. The molecule has 1 unspecified atom stereocenters. The first kappa shape index (κ1) is 13.9. The Hall–Kier alpha value is -1.14. The average Bonchev–Trinajstić information content (AvgIpc) is 2.28. The molecule has 0 aromatic rings. The monoisotopic (exact) mass is 244 g/mol. The van der Waals surface area contributed by atoms with Crippen LogP contribution in [0.15, 0.2) is 0 Å². The van der Waals surface area contributed by atoms with E-state index in [1.807, 2.05) is 0 Å². The first-order valence-electron chi connectivity index (χ1n) is 5.69. The molecular weight excluding hydrogens is 224 g/mol. The van der Waals surface area contributed by atoms with Crippen molar-refractivity contribution >= 4 is 11.9 Å². The molecule has 0 radical (unpaired) electrons. The van der Waals surface area contributed by atoms with Gasteiger partial charge in [0.25, 0.3) is 0 Å². The molecule has 0 saturated carbocycles. The first-order chi connectivity index (χ1) is 7.88. The maximum atomic E-state index is 12.2. The van der Waals surface area contributed by atoms with Gasteiger partial charge in [0.15, 0.2) is 0 Å². The van der Waals surface area contributed by atoms with E-state index < -0.39 is 11.4 Å². The lowest BCUT2D eigenvalue weighted by Crippen LogP contribution is -2.54. The number of carbonyl (C=O) groups is 2. The van der Waals surface area contributed by atoms with Crippen molar-refractivity contribution in [3.05, 3.63) is 0 Å². The van der Waals surface area contributed by atoms with Gasteiger partial charge >= 0.3 is 5.97 Å². The van der Waals surface area contributed by atoms with Crippen LogP contribution in [0.1, 0.15) is 20.3 Å². The van der Waals surface area contributed by atoms with Crippen molar-refractivity contribution in [1.82, 2.24) is 4.90 Å². The second-order valence-corrected chi connectivity index (χ2v) is 4.91. The zero-order valence-corrected chi connectivity index (χ0v) is 10.3. The molecule has 0 aliphatic carbocycles. The normalized spacial score (nSPS) is 21.4. The van der Waals surface area contributed by atoms with Crippen molar-refractivity contribution in [3.8, 4) is 0 Å². The van der Waals surface area contributed by atoms with Gasteiger partial charge in [0.1, 0.15) is 0 Å². The fourth-order valence-corrected chi connectivity index (χ4v) is 1.77. The quantitative estimate of drug-likeness (QED) is 0.706. The summed E-state index contributed by atoms with van der Waals surface area (Å²) in [4.78, 5) is 24.6. The van der Waals surface area contributed by atoms with E-state index in [1.165, 1.54) is 0 Å². The van der Waals surface area contributed by atoms with Gasteiger partial charge in [0.2, 0.25) is 5.91 Å². The predicted octanol–water partition coefficient (Wildman–Crippen LogP) is -0.327. The zero-order chi connectivity index (χ0) is 13.1. The number of rotatable bonds is 4. The molecule has 1 amide bonds. The zero-order valence-electron chi connectivity index (χ0n) is 10.3. The average molecular weight is 244 g/mol. The van der Waals surface area contributed by atoms with Crippen LogP contribution in [0, 0.1) is 5.41 Å². The van der Waals surface area contributed by atoms with Gasteiger partial charge in [-0.2, -0.15) is 0 Å². The summed E-state index contributed by atoms with van der Waals surface area (Å²) in [5.41, 5.74) is 4.91. The van der Waals surface area contributed by atoms with Crippen molar-refractivity contribution in [2.24, 2.45) is 11.1 Å². The summed E-state index contributed by atoms with van der Waals surface area (Å²) < 4.78 is 5.22. The number of nitrogens with zero attached hydrogens (tertiary/aromatic N) is 1. The van der Waals surface area contributed by atoms with Crippen LogP contribution in [0.2, 0.25) is 0 Å². The van der Waals surface area contributed by atoms with Crippen LogP contribution in [-0.4, -0.2) is 54.2 Å². The number of carboxylic acids is 1. The largest absolute Gasteiger partial charge is 0.481 e. The molecule has 0 aromatic carbocycles. The molecule has 1 aliphatic heterocycles. The second kappa shape index (κ2) is 5.46. The third kappa shape index (κ3) is 3.41. The van der Waals surface area contributed by atoms with Crippen molar-refractivity contribution in [1.29, 1.82) is 0 Å². The summed E-state index contributed by atoms with van der Waals surface area (Å²) in [6.45, 7) is 4.93. The molecule has 6 heteroatoms. The number of carboxylic acid groups (broad SMARTS) is 1. The van der Waals surface area contributed by atoms with Crippen LogP contribution in [-0.2, 0) is 14.3 Å². The molecule has 6 nitrogen and oxygen atoms in total. The Morgan fingerprint density at radius 1 is 1.53 bits per heavy atom. The van der Waals surface area contributed by atoms with Crippen LogP contribution in [0.5, 0.6) is 0 Å². The number of amides is 1. The molecule has 0 spiro atoms. The van der Waals surface area contributed by atoms with Crippen molar-refractivity contribution < 1.29 is 19.4 Å². The molecular formula is C11H20N2O4. The Morgan fingerprint density at radius 2 is 2.18 bits per heavy atom. The number of hydrogen-bond acceptors (Lipinski definition) is 4. The third-order valence-corrected chi connectivity index (χ3v) is 2.99. The smallest absolute Gasteiger partial charge is 0.305 e. The highest BCUT2D eigenvalue weighted by Crippen LogP contribution is 2.21. The van der Waals surface area contributed by atoms with Gasteiger partial charge in [-0.15, -0.1) is 0 Å². The van der Waals surface area contributed by atoms with Crippen molar-refractivity contribution in [2.45, 2.75) is 26.3 Å². The minimum absolute atomic E-state index is 0.0909.